The van der Waals surface area contributed by atoms with Crippen molar-refractivity contribution >= 4 is 15.7 Å². The maximum Gasteiger partial charge on any atom is 0.324 e. The van der Waals surface area contributed by atoms with Crippen LogP contribution in [0.3, 0.4) is 0 Å². The maximum absolute atomic E-state index is 13.5. The molecule has 0 atom stereocenters. The van der Waals surface area contributed by atoms with Crippen molar-refractivity contribution in [2.45, 2.75) is 43.5 Å². The molecule has 116 valence electrons. The van der Waals surface area contributed by atoms with E-state index in [4.69, 9.17) is 0 Å². The summed E-state index contributed by atoms with van der Waals surface area (Å²) in [6.07, 6.45) is 3.17. The van der Waals surface area contributed by atoms with Crippen LogP contribution in [0, 0.1) is 21.8 Å². The Labute approximate surface area is 122 Å². The Balaban J connectivity index is 2.28. The van der Waals surface area contributed by atoms with Crippen LogP contribution in [0.25, 0.3) is 0 Å². The van der Waals surface area contributed by atoms with Gasteiger partial charge in [0.15, 0.2) is 4.90 Å². The molecule has 21 heavy (non-hydrogen) atoms. The van der Waals surface area contributed by atoms with Gasteiger partial charge >= 0.3 is 5.69 Å². The van der Waals surface area contributed by atoms with Crippen LogP contribution >= 0.6 is 0 Å². The molecule has 0 aliphatic heterocycles. The lowest BCUT2D eigenvalue weighted by Gasteiger charge is -2.26. The predicted molar refractivity (Wildman–Crippen MR) is 74.8 cm³/mol. The first-order valence-electron chi connectivity index (χ1n) is 6.76. The third-order valence-corrected chi connectivity index (χ3v) is 5.31. The third-order valence-electron chi connectivity index (χ3n) is 3.76. The molecular formula is C13H17FN2O4S. The number of nitro groups is 1. The van der Waals surface area contributed by atoms with Crippen molar-refractivity contribution < 1.29 is 17.7 Å². The molecule has 1 aromatic rings. The zero-order chi connectivity index (χ0) is 15.6. The Bertz CT molecular complexity index is 640. The number of para-hydroxylation sites is 1. The van der Waals surface area contributed by atoms with Gasteiger partial charge in [-0.25, -0.2) is 13.1 Å². The molecule has 1 aromatic carbocycles. The summed E-state index contributed by atoms with van der Waals surface area (Å²) in [6.45, 7) is 2.10. The first-order chi connectivity index (χ1) is 9.81. The Kier molecular flexibility index (Phi) is 4.58. The van der Waals surface area contributed by atoms with Gasteiger partial charge in [0, 0.05) is 6.04 Å². The summed E-state index contributed by atoms with van der Waals surface area (Å²) in [5, 5.41) is 10.9. The highest BCUT2D eigenvalue weighted by Crippen LogP contribution is 2.29. The van der Waals surface area contributed by atoms with E-state index in [0.29, 0.717) is 18.8 Å². The zero-order valence-electron chi connectivity index (χ0n) is 11.6. The smallest absolute Gasteiger partial charge is 0.258 e. The van der Waals surface area contributed by atoms with Crippen molar-refractivity contribution in [3.8, 4) is 0 Å². The average Bonchev–Trinajstić information content (AvgIpc) is 2.40. The van der Waals surface area contributed by atoms with Crippen LogP contribution in [-0.4, -0.2) is 19.4 Å². The van der Waals surface area contributed by atoms with Crippen LogP contribution in [0.15, 0.2) is 23.1 Å². The molecule has 1 N–H and O–H groups in total. The lowest BCUT2D eigenvalue weighted by atomic mass is 9.88. The van der Waals surface area contributed by atoms with E-state index in [0.717, 1.165) is 31.0 Å². The molecule has 0 aromatic heterocycles. The SMILES string of the molecule is CC1CCC(NS(=O)(=O)c2cccc(F)c2[N+](=O)[O-])CC1. The van der Waals surface area contributed by atoms with Crippen molar-refractivity contribution in [3.63, 3.8) is 0 Å². The van der Waals surface area contributed by atoms with E-state index in [1.807, 2.05) is 0 Å². The van der Waals surface area contributed by atoms with E-state index in [2.05, 4.69) is 11.6 Å². The largest absolute Gasteiger partial charge is 0.324 e. The van der Waals surface area contributed by atoms with Gasteiger partial charge in [-0.1, -0.05) is 13.0 Å². The van der Waals surface area contributed by atoms with Crippen LogP contribution < -0.4 is 4.72 Å². The summed E-state index contributed by atoms with van der Waals surface area (Å²) in [5.74, 6) is -0.602. The number of nitro benzene ring substituents is 1. The minimum atomic E-state index is -4.11. The van der Waals surface area contributed by atoms with Gasteiger partial charge in [-0.15, -0.1) is 0 Å². The minimum absolute atomic E-state index is 0.255. The summed E-state index contributed by atoms with van der Waals surface area (Å²) in [6, 6.07) is 2.82. The summed E-state index contributed by atoms with van der Waals surface area (Å²) in [7, 11) is -4.11. The predicted octanol–water partition coefficient (Wildman–Crippen LogP) is 2.59. The number of benzene rings is 1. The number of hydrogen-bond donors (Lipinski definition) is 1. The molecule has 1 aliphatic carbocycles. The van der Waals surface area contributed by atoms with E-state index in [-0.39, 0.29) is 6.04 Å². The molecule has 0 amide bonds. The van der Waals surface area contributed by atoms with Gasteiger partial charge in [-0.2, -0.15) is 4.39 Å². The molecule has 0 spiro atoms. The Morgan fingerprint density at radius 1 is 1.29 bits per heavy atom. The fourth-order valence-electron chi connectivity index (χ4n) is 2.55. The summed E-state index contributed by atoms with van der Waals surface area (Å²) < 4.78 is 40.5. The Hall–Kier alpha value is -1.54. The van der Waals surface area contributed by atoms with Crippen molar-refractivity contribution in [1.29, 1.82) is 0 Å². The average molecular weight is 316 g/mol. The standard InChI is InChI=1S/C13H17FN2O4S/c1-9-5-7-10(8-6-9)15-21(19,20)12-4-2-3-11(14)13(12)16(17)18/h2-4,9-10,15H,5-8H2,1H3. The molecule has 1 saturated carbocycles. The number of nitrogens with zero attached hydrogens (tertiary/aromatic N) is 1. The van der Waals surface area contributed by atoms with Gasteiger partial charge in [-0.3, -0.25) is 10.1 Å². The first kappa shape index (κ1) is 15.8. The summed E-state index contributed by atoms with van der Waals surface area (Å²) in [5.41, 5.74) is -1.01. The number of nitrogens with one attached hydrogen (secondary N) is 1. The van der Waals surface area contributed by atoms with Crippen LogP contribution in [0.1, 0.15) is 32.6 Å². The van der Waals surface area contributed by atoms with E-state index in [9.17, 15) is 22.9 Å². The monoisotopic (exact) mass is 316 g/mol. The normalized spacial score (nSPS) is 23.0. The topological polar surface area (TPSA) is 89.3 Å². The molecule has 1 fully saturated rings. The van der Waals surface area contributed by atoms with E-state index < -0.39 is 31.3 Å². The minimum Gasteiger partial charge on any atom is -0.258 e. The molecule has 6 nitrogen and oxygen atoms in total. The fraction of sp³-hybridized carbons (Fsp3) is 0.538. The number of sulfonamides is 1. The number of halogens is 1. The van der Waals surface area contributed by atoms with Gasteiger partial charge in [-0.05, 0) is 43.7 Å². The quantitative estimate of drug-likeness (QED) is 0.683. The zero-order valence-corrected chi connectivity index (χ0v) is 12.4. The number of rotatable bonds is 4. The van der Waals surface area contributed by atoms with E-state index in [1.165, 1.54) is 0 Å². The van der Waals surface area contributed by atoms with Crippen LogP contribution in [0.5, 0.6) is 0 Å². The molecule has 8 heteroatoms. The van der Waals surface area contributed by atoms with Gasteiger partial charge in [0.05, 0.1) is 4.92 Å². The van der Waals surface area contributed by atoms with Crippen molar-refractivity contribution in [1.82, 2.24) is 4.72 Å². The second kappa shape index (κ2) is 6.07. The van der Waals surface area contributed by atoms with Crippen LogP contribution in [-0.2, 0) is 10.0 Å². The summed E-state index contributed by atoms with van der Waals surface area (Å²) in [4.78, 5) is 9.27. The third kappa shape index (κ3) is 3.56. The molecule has 0 heterocycles. The van der Waals surface area contributed by atoms with Crippen molar-refractivity contribution in [2.24, 2.45) is 5.92 Å². The van der Waals surface area contributed by atoms with E-state index in [1.54, 1.807) is 0 Å². The van der Waals surface area contributed by atoms with Gasteiger partial charge in [0.1, 0.15) is 0 Å². The fourth-order valence-corrected chi connectivity index (χ4v) is 4.04. The molecule has 2 rings (SSSR count). The second-order valence-electron chi connectivity index (χ2n) is 5.42. The van der Waals surface area contributed by atoms with Crippen LogP contribution in [0.2, 0.25) is 0 Å². The lowest BCUT2D eigenvalue weighted by molar-refractivity contribution is -0.390. The highest BCUT2D eigenvalue weighted by atomic mass is 32.2. The second-order valence-corrected chi connectivity index (χ2v) is 7.10. The van der Waals surface area contributed by atoms with E-state index >= 15 is 0 Å². The van der Waals surface area contributed by atoms with Gasteiger partial charge in [0.2, 0.25) is 15.8 Å². The Morgan fingerprint density at radius 3 is 2.48 bits per heavy atom. The molecule has 0 unspecified atom stereocenters. The molecule has 0 bridgehead atoms. The highest BCUT2D eigenvalue weighted by Gasteiger charge is 2.31. The first-order valence-corrected chi connectivity index (χ1v) is 8.25. The van der Waals surface area contributed by atoms with Crippen molar-refractivity contribution in [3.05, 3.63) is 34.1 Å². The highest BCUT2D eigenvalue weighted by molar-refractivity contribution is 7.89. The molecular weight excluding hydrogens is 299 g/mol. The lowest BCUT2D eigenvalue weighted by Crippen LogP contribution is -2.37. The number of hydrogen-bond acceptors (Lipinski definition) is 4. The summed E-state index contributed by atoms with van der Waals surface area (Å²) >= 11 is 0. The molecule has 0 saturated heterocycles. The Morgan fingerprint density at radius 2 is 1.90 bits per heavy atom. The van der Waals surface area contributed by atoms with Crippen LogP contribution in [0.4, 0.5) is 10.1 Å². The molecule has 0 radical (unpaired) electrons. The van der Waals surface area contributed by atoms with Gasteiger partial charge in [0.25, 0.3) is 0 Å². The van der Waals surface area contributed by atoms with Crippen molar-refractivity contribution in [2.75, 3.05) is 0 Å². The van der Waals surface area contributed by atoms with Gasteiger partial charge < -0.3 is 0 Å². The molecule has 1 aliphatic rings. The maximum atomic E-state index is 13.5.